The second kappa shape index (κ2) is 4.14. The van der Waals surface area contributed by atoms with Crippen LogP contribution in [0.1, 0.15) is 12.6 Å². The van der Waals surface area contributed by atoms with E-state index in [0.29, 0.717) is 0 Å². The molecule has 92 valence electrons. The van der Waals surface area contributed by atoms with E-state index >= 15 is 0 Å². The minimum atomic E-state index is -1.31. The van der Waals surface area contributed by atoms with Crippen molar-refractivity contribution in [1.82, 2.24) is 14.9 Å². The first-order chi connectivity index (χ1) is 7.89. The number of aryl methyl sites for hydroxylation is 1. The smallest absolute Gasteiger partial charge is 0.112 e. The zero-order valence-corrected chi connectivity index (χ0v) is 12.1. The zero-order valence-electron chi connectivity index (χ0n) is 11.1. The van der Waals surface area contributed by atoms with Gasteiger partial charge in [0.05, 0.1) is 19.3 Å². The Hall–Kier alpha value is -1.36. The highest BCUT2D eigenvalue weighted by Gasteiger charge is 2.25. The van der Waals surface area contributed by atoms with Crippen LogP contribution in [-0.4, -0.2) is 28.7 Å². The highest BCUT2D eigenvalue weighted by molar-refractivity contribution is 6.77. The maximum atomic E-state index is 5.93. The van der Waals surface area contributed by atoms with Crippen molar-refractivity contribution in [2.24, 2.45) is 0 Å². The molecule has 0 radical (unpaired) electrons. The van der Waals surface area contributed by atoms with Crippen molar-refractivity contribution >= 4 is 19.0 Å². The molecular weight excluding hydrogens is 230 g/mol. The SMILES string of the molecule is Cc1c2cnccc2nn1OC(C)[Si](C)(C)C. The van der Waals surface area contributed by atoms with Crippen molar-refractivity contribution in [3.8, 4) is 0 Å². The summed E-state index contributed by atoms with van der Waals surface area (Å²) in [4.78, 5) is 11.7. The van der Waals surface area contributed by atoms with E-state index in [-0.39, 0.29) is 5.73 Å². The van der Waals surface area contributed by atoms with Crippen molar-refractivity contribution in [2.45, 2.75) is 39.2 Å². The molecule has 2 heterocycles. The van der Waals surface area contributed by atoms with Crippen LogP contribution >= 0.6 is 0 Å². The van der Waals surface area contributed by atoms with E-state index in [0.717, 1.165) is 16.6 Å². The Morgan fingerprint density at radius 1 is 1.35 bits per heavy atom. The van der Waals surface area contributed by atoms with Gasteiger partial charge < -0.3 is 4.84 Å². The Morgan fingerprint density at radius 3 is 2.65 bits per heavy atom. The summed E-state index contributed by atoms with van der Waals surface area (Å²) in [5, 5.41) is 5.49. The van der Waals surface area contributed by atoms with Gasteiger partial charge in [0.15, 0.2) is 0 Å². The minimum absolute atomic E-state index is 0.225. The zero-order chi connectivity index (χ0) is 12.6. The first kappa shape index (κ1) is 12.1. The molecule has 17 heavy (non-hydrogen) atoms. The first-order valence-corrected chi connectivity index (χ1v) is 9.44. The molecular formula is C12H19N3OSi. The van der Waals surface area contributed by atoms with E-state index in [1.54, 1.807) is 11.0 Å². The summed E-state index contributed by atoms with van der Waals surface area (Å²) >= 11 is 0. The molecule has 4 nitrogen and oxygen atoms in total. The third kappa shape index (κ3) is 2.34. The highest BCUT2D eigenvalue weighted by Crippen LogP contribution is 2.16. The fraction of sp³-hybridized carbons (Fsp3) is 0.500. The van der Waals surface area contributed by atoms with Crippen molar-refractivity contribution < 1.29 is 4.84 Å². The van der Waals surface area contributed by atoms with E-state index < -0.39 is 8.07 Å². The van der Waals surface area contributed by atoms with Gasteiger partial charge in [-0.15, -0.1) is 9.94 Å². The van der Waals surface area contributed by atoms with Gasteiger partial charge >= 0.3 is 0 Å². The largest absolute Gasteiger partial charge is 0.397 e. The molecule has 0 N–H and O–H groups in total. The molecule has 0 bridgehead atoms. The van der Waals surface area contributed by atoms with Gasteiger partial charge in [-0.25, -0.2) is 0 Å². The molecule has 0 saturated carbocycles. The molecule has 2 rings (SSSR count). The molecule has 0 fully saturated rings. The monoisotopic (exact) mass is 249 g/mol. The van der Waals surface area contributed by atoms with Gasteiger partial charge in [-0.1, -0.05) is 19.6 Å². The van der Waals surface area contributed by atoms with E-state index in [2.05, 4.69) is 36.6 Å². The van der Waals surface area contributed by atoms with Gasteiger partial charge in [-0.3, -0.25) is 4.98 Å². The van der Waals surface area contributed by atoms with Gasteiger partial charge in [0.2, 0.25) is 0 Å². The standard InChI is InChI=1S/C12H19N3OSi/c1-9-11-8-13-7-6-12(11)14-15(9)16-10(2)17(3,4)5/h6-8,10H,1-5H3. The summed E-state index contributed by atoms with van der Waals surface area (Å²) in [5.41, 5.74) is 2.17. The van der Waals surface area contributed by atoms with Crippen LogP contribution in [0, 0.1) is 6.92 Å². The molecule has 0 aliphatic heterocycles. The quantitative estimate of drug-likeness (QED) is 0.784. The molecule has 0 amide bonds. The molecule has 2 aromatic heterocycles. The summed E-state index contributed by atoms with van der Waals surface area (Å²) < 4.78 is 0. The molecule has 0 saturated heterocycles. The number of hydrogen-bond donors (Lipinski definition) is 0. The lowest BCUT2D eigenvalue weighted by atomic mass is 10.3. The van der Waals surface area contributed by atoms with Crippen LogP contribution in [0.4, 0.5) is 0 Å². The molecule has 0 aliphatic carbocycles. The topological polar surface area (TPSA) is 39.9 Å². The fourth-order valence-electron chi connectivity index (χ4n) is 1.44. The average molecular weight is 249 g/mol. The lowest BCUT2D eigenvalue weighted by Crippen LogP contribution is -2.43. The Kier molecular flexibility index (Phi) is 2.95. The van der Waals surface area contributed by atoms with Crippen molar-refractivity contribution in [3.63, 3.8) is 0 Å². The number of rotatable bonds is 3. The summed E-state index contributed by atoms with van der Waals surface area (Å²) in [5.74, 6) is 0. The van der Waals surface area contributed by atoms with Crippen LogP contribution in [0.25, 0.3) is 10.9 Å². The normalized spacial score (nSPS) is 13.9. The Bertz CT molecular complexity index is 530. The predicted molar refractivity (Wildman–Crippen MR) is 71.7 cm³/mol. The maximum Gasteiger partial charge on any atom is 0.112 e. The van der Waals surface area contributed by atoms with Crippen LogP contribution < -0.4 is 4.84 Å². The van der Waals surface area contributed by atoms with E-state index in [9.17, 15) is 0 Å². The van der Waals surface area contributed by atoms with Crippen LogP contribution in [-0.2, 0) is 0 Å². The van der Waals surface area contributed by atoms with Crippen molar-refractivity contribution in [3.05, 3.63) is 24.2 Å². The fourth-order valence-corrected chi connectivity index (χ4v) is 1.86. The number of fused-ring (bicyclic) bond motifs is 1. The van der Waals surface area contributed by atoms with Crippen molar-refractivity contribution in [1.29, 1.82) is 0 Å². The predicted octanol–water partition coefficient (Wildman–Crippen LogP) is 2.43. The number of nitrogens with zero attached hydrogens (tertiary/aromatic N) is 3. The summed E-state index contributed by atoms with van der Waals surface area (Å²) in [6, 6.07) is 1.90. The van der Waals surface area contributed by atoms with Crippen molar-refractivity contribution in [2.75, 3.05) is 0 Å². The van der Waals surface area contributed by atoms with Gasteiger partial charge in [0.25, 0.3) is 0 Å². The van der Waals surface area contributed by atoms with Gasteiger partial charge in [-0.2, -0.15) is 0 Å². The van der Waals surface area contributed by atoms with Crippen LogP contribution in [0.3, 0.4) is 0 Å². The highest BCUT2D eigenvalue weighted by atomic mass is 28.3. The maximum absolute atomic E-state index is 5.93. The van der Waals surface area contributed by atoms with Crippen LogP contribution in [0.2, 0.25) is 19.6 Å². The lowest BCUT2D eigenvalue weighted by molar-refractivity contribution is 0.0603. The van der Waals surface area contributed by atoms with E-state index in [4.69, 9.17) is 4.84 Å². The number of aromatic nitrogens is 3. The molecule has 0 aliphatic rings. The molecule has 5 heteroatoms. The number of hydrogen-bond acceptors (Lipinski definition) is 3. The summed E-state index contributed by atoms with van der Waals surface area (Å²) in [7, 11) is -1.31. The van der Waals surface area contributed by atoms with Crippen LogP contribution in [0.15, 0.2) is 18.5 Å². The average Bonchev–Trinajstić information content (AvgIpc) is 2.55. The molecule has 0 aromatic carbocycles. The van der Waals surface area contributed by atoms with Gasteiger partial charge in [-0.05, 0) is 19.9 Å². The molecule has 0 spiro atoms. The number of pyridine rings is 1. The second-order valence-electron chi connectivity index (χ2n) is 5.46. The Balaban J connectivity index is 2.34. The van der Waals surface area contributed by atoms with E-state index in [1.165, 1.54) is 0 Å². The van der Waals surface area contributed by atoms with Crippen LogP contribution in [0.5, 0.6) is 0 Å². The molecule has 1 unspecified atom stereocenters. The van der Waals surface area contributed by atoms with E-state index in [1.807, 2.05) is 19.2 Å². The second-order valence-corrected chi connectivity index (χ2v) is 11.0. The Labute approximate surface area is 103 Å². The van der Waals surface area contributed by atoms with Gasteiger partial charge in [0.1, 0.15) is 5.73 Å². The first-order valence-electron chi connectivity index (χ1n) is 5.86. The Morgan fingerprint density at radius 2 is 2.06 bits per heavy atom. The third-order valence-corrected chi connectivity index (χ3v) is 5.70. The third-order valence-electron chi connectivity index (χ3n) is 3.15. The van der Waals surface area contributed by atoms with Gasteiger partial charge in [0, 0.05) is 17.8 Å². The summed E-state index contributed by atoms with van der Waals surface area (Å²) in [6.45, 7) is 11.0. The lowest BCUT2D eigenvalue weighted by Gasteiger charge is -2.25. The molecule has 2 aromatic rings. The minimum Gasteiger partial charge on any atom is -0.397 e. The summed E-state index contributed by atoms with van der Waals surface area (Å²) in [6.07, 6.45) is 3.58. The molecule has 1 atom stereocenters.